The molecular weight excluding hydrogens is 294 g/mol. The first-order valence-electron chi connectivity index (χ1n) is 7.28. The fourth-order valence-electron chi connectivity index (χ4n) is 3.58. The number of hydrogen-bond acceptors (Lipinski definition) is 2. The molecule has 2 aromatic carbocycles. The summed E-state index contributed by atoms with van der Waals surface area (Å²) >= 11 is 7.79. The molecule has 0 amide bonds. The monoisotopic (exact) mass is 311 g/mol. The van der Waals surface area contributed by atoms with Gasteiger partial charge in [0.25, 0.3) is 0 Å². The number of thiocarbonyl (C=S) groups is 1. The fraction of sp³-hybridized carbons (Fsp3) is 0.278. The Morgan fingerprint density at radius 2 is 1.81 bits per heavy atom. The molecule has 0 N–H and O–H groups in total. The number of hydrogen-bond donors (Lipinski definition) is 0. The second-order valence-electron chi connectivity index (χ2n) is 5.74. The number of thioether (sulfide) groups is 1. The van der Waals surface area contributed by atoms with E-state index >= 15 is 0 Å². The van der Waals surface area contributed by atoms with Crippen molar-refractivity contribution in [2.24, 2.45) is 0 Å². The summed E-state index contributed by atoms with van der Waals surface area (Å²) in [6.45, 7) is 5.46. The molecule has 2 aliphatic rings. The van der Waals surface area contributed by atoms with Crippen LogP contribution in [0.5, 0.6) is 0 Å². The van der Waals surface area contributed by atoms with Crippen molar-refractivity contribution in [3.05, 3.63) is 70.3 Å². The van der Waals surface area contributed by atoms with E-state index in [2.05, 4.69) is 61.2 Å². The van der Waals surface area contributed by atoms with E-state index in [0.717, 1.165) is 17.3 Å². The Labute approximate surface area is 135 Å². The quantitative estimate of drug-likeness (QED) is 0.725. The van der Waals surface area contributed by atoms with Gasteiger partial charge in [-0.05, 0) is 30.5 Å². The Hall–Kier alpha value is -1.32. The zero-order chi connectivity index (χ0) is 14.6. The lowest BCUT2D eigenvalue weighted by atomic mass is 9.91. The standard InChI is InChI=1S/C18H17NS2/c1-12-6-5-9-15(13(12)2)18-16-8-4-3-7-14(16)17(20)19(18)10-11-21-18/h3-9H,10-11H2,1-2H3. The van der Waals surface area contributed by atoms with E-state index in [1.54, 1.807) is 0 Å². The summed E-state index contributed by atoms with van der Waals surface area (Å²) in [7, 11) is 0. The van der Waals surface area contributed by atoms with Crippen LogP contribution in [-0.2, 0) is 4.87 Å². The lowest BCUT2D eigenvalue weighted by molar-refractivity contribution is 0.385. The van der Waals surface area contributed by atoms with Crippen molar-refractivity contribution in [2.75, 3.05) is 12.3 Å². The van der Waals surface area contributed by atoms with Gasteiger partial charge in [0.15, 0.2) is 0 Å². The van der Waals surface area contributed by atoms with E-state index in [4.69, 9.17) is 12.2 Å². The highest BCUT2D eigenvalue weighted by Gasteiger charge is 2.52. The van der Waals surface area contributed by atoms with Crippen molar-refractivity contribution in [3.63, 3.8) is 0 Å². The highest BCUT2D eigenvalue weighted by Crippen LogP contribution is 2.56. The third-order valence-electron chi connectivity index (χ3n) is 4.74. The summed E-state index contributed by atoms with van der Waals surface area (Å²) in [5, 5.41) is 0. The van der Waals surface area contributed by atoms with E-state index in [0.29, 0.717) is 0 Å². The molecule has 2 heterocycles. The van der Waals surface area contributed by atoms with Crippen molar-refractivity contribution >= 4 is 29.0 Å². The summed E-state index contributed by atoms with van der Waals surface area (Å²) < 4.78 is 0. The van der Waals surface area contributed by atoms with Crippen LogP contribution in [0.1, 0.15) is 27.8 Å². The van der Waals surface area contributed by atoms with Crippen LogP contribution in [0.25, 0.3) is 0 Å². The Morgan fingerprint density at radius 3 is 2.67 bits per heavy atom. The molecule has 0 aromatic heterocycles. The van der Waals surface area contributed by atoms with Gasteiger partial charge >= 0.3 is 0 Å². The SMILES string of the molecule is Cc1cccc(C23SCCN2C(=S)c2ccccc23)c1C. The molecule has 21 heavy (non-hydrogen) atoms. The predicted octanol–water partition coefficient (Wildman–Crippen LogP) is 4.24. The van der Waals surface area contributed by atoms with Crippen LogP contribution in [0.2, 0.25) is 0 Å². The van der Waals surface area contributed by atoms with Crippen molar-refractivity contribution in [1.29, 1.82) is 0 Å². The summed E-state index contributed by atoms with van der Waals surface area (Å²) in [5.74, 6) is 1.13. The third-order valence-corrected chi connectivity index (χ3v) is 6.65. The molecule has 0 spiro atoms. The van der Waals surface area contributed by atoms with E-state index in [-0.39, 0.29) is 4.87 Å². The van der Waals surface area contributed by atoms with E-state index < -0.39 is 0 Å². The molecule has 0 aliphatic carbocycles. The third kappa shape index (κ3) is 1.62. The minimum Gasteiger partial charge on any atom is -0.339 e. The lowest BCUT2D eigenvalue weighted by Gasteiger charge is -2.35. The first-order chi connectivity index (χ1) is 10.2. The summed E-state index contributed by atoms with van der Waals surface area (Å²) in [5.41, 5.74) is 6.74. The molecule has 1 atom stereocenters. The van der Waals surface area contributed by atoms with Crippen LogP contribution in [0, 0.1) is 13.8 Å². The maximum absolute atomic E-state index is 5.77. The molecule has 1 unspecified atom stereocenters. The smallest absolute Gasteiger partial charge is 0.139 e. The van der Waals surface area contributed by atoms with E-state index in [9.17, 15) is 0 Å². The van der Waals surface area contributed by atoms with Crippen molar-refractivity contribution in [1.82, 2.24) is 4.90 Å². The molecule has 0 radical (unpaired) electrons. The van der Waals surface area contributed by atoms with Crippen LogP contribution in [-0.4, -0.2) is 22.2 Å². The molecule has 1 nitrogen and oxygen atoms in total. The summed E-state index contributed by atoms with van der Waals surface area (Å²) in [6.07, 6.45) is 0. The highest BCUT2D eigenvalue weighted by molar-refractivity contribution is 8.00. The number of benzene rings is 2. The molecular formula is C18H17NS2. The minimum atomic E-state index is -0.107. The van der Waals surface area contributed by atoms with Gasteiger partial charge in [-0.15, -0.1) is 11.8 Å². The molecule has 3 heteroatoms. The van der Waals surface area contributed by atoms with Gasteiger partial charge in [0.2, 0.25) is 0 Å². The normalized spacial score (nSPS) is 23.3. The zero-order valence-electron chi connectivity index (χ0n) is 12.2. The predicted molar refractivity (Wildman–Crippen MR) is 94.0 cm³/mol. The van der Waals surface area contributed by atoms with Crippen LogP contribution < -0.4 is 0 Å². The summed E-state index contributed by atoms with van der Waals surface area (Å²) in [6, 6.07) is 15.3. The average Bonchev–Trinajstić information content (AvgIpc) is 3.03. The maximum Gasteiger partial charge on any atom is 0.139 e. The van der Waals surface area contributed by atoms with Crippen LogP contribution in [0.4, 0.5) is 0 Å². The maximum atomic E-state index is 5.77. The van der Waals surface area contributed by atoms with Crippen molar-refractivity contribution in [3.8, 4) is 0 Å². The Morgan fingerprint density at radius 1 is 1.05 bits per heavy atom. The Balaban J connectivity index is 2.05. The van der Waals surface area contributed by atoms with Gasteiger partial charge in [0.05, 0.1) is 0 Å². The molecule has 0 bridgehead atoms. The van der Waals surface area contributed by atoms with Gasteiger partial charge < -0.3 is 4.90 Å². The Bertz CT molecular complexity index is 753. The Kier molecular flexibility index (Phi) is 2.92. The molecule has 2 aliphatic heterocycles. The van der Waals surface area contributed by atoms with Gasteiger partial charge in [-0.25, -0.2) is 0 Å². The largest absolute Gasteiger partial charge is 0.339 e. The van der Waals surface area contributed by atoms with Crippen molar-refractivity contribution < 1.29 is 0 Å². The second-order valence-corrected chi connectivity index (χ2v) is 7.42. The van der Waals surface area contributed by atoms with Crippen LogP contribution >= 0.6 is 24.0 Å². The van der Waals surface area contributed by atoms with Crippen LogP contribution in [0.3, 0.4) is 0 Å². The van der Waals surface area contributed by atoms with Gasteiger partial charge in [0, 0.05) is 23.4 Å². The first kappa shape index (κ1) is 13.4. The van der Waals surface area contributed by atoms with E-state index in [1.807, 2.05) is 11.8 Å². The number of aryl methyl sites for hydroxylation is 1. The van der Waals surface area contributed by atoms with Crippen LogP contribution in [0.15, 0.2) is 42.5 Å². The summed E-state index contributed by atoms with van der Waals surface area (Å²) in [4.78, 5) is 3.33. The number of nitrogens with zero attached hydrogens (tertiary/aromatic N) is 1. The molecule has 1 fully saturated rings. The van der Waals surface area contributed by atoms with Crippen molar-refractivity contribution in [2.45, 2.75) is 18.7 Å². The number of fused-ring (bicyclic) bond motifs is 3. The molecule has 4 rings (SSSR count). The molecule has 1 saturated heterocycles. The molecule has 2 aromatic rings. The van der Waals surface area contributed by atoms with Gasteiger partial charge in [-0.1, -0.05) is 54.7 Å². The molecule has 0 saturated carbocycles. The lowest BCUT2D eigenvalue weighted by Crippen LogP contribution is -2.38. The second kappa shape index (κ2) is 4.59. The van der Waals surface area contributed by atoms with Gasteiger partial charge in [-0.3, -0.25) is 0 Å². The van der Waals surface area contributed by atoms with Gasteiger partial charge in [-0.2, -0.15) is 0 Å². The molecule has 106 valence electrons. The highest BCUT2D eigenvalue weighted by atomic mass is 32.2. The topological polar surface area (TPSA) is 3.24 Å². The average molecular weight is 311 g/mol. The van der Waals surface area contributed by atoms with Gasteiger partial charge in [0.1, 0.15) is 9.86 Å². The fourth-order valence-corrected chi connectivity index (χ4v) is 5.67. The van der Waals surface area contributed by atoms with E-state index in [1.165, 1.54) is 27.8 Å². The number of rotatable bonds is 1. The zero-order valence-corrected chi connectivity index (χ0v) is 13.9. The first-order valence-corrected chi connectivity index (χ1v) is 8.68. The minimum absolute atomic E-state index is 0.107.